The van der Waals surface area contributed by atoms with Gasteiger partial charge in [0.1, 0.15) is 5.56 Å². The van der Waals surface area contributed by atoms with Gasteiger partial charge in [-0.2, -0.15) is 0 Å². The number of hydrogen-bond acceptors (Lipinski definition) is 5. The lowest BCUT2D eigenvalue weighted by atomic mass is 9.97. The Kier molecular flexibility index (Phi) is 6.64. The quantitative estimate of drug-likeness (QED) is 0.713. The van der Waals surface area contributed by atoms with Crippen LogP contribution in [-0.4, -0.2) is 75.8 Å². The molecule has 1 atom stereocenters. The predicted octanol–water partition coefficient (Wildman–Crippen LogP) is 1.24. The monoisotopic (exact) mass is 413 g/mol. The van der Waals surface area contributed by atoms with Crippen molar-refractivity contribution in [3.8, 4) is 0 Å². The van der Waals surface area contributed by atoms with Crippen LogP contribution in [0.5, 0.6) is 0 Å². The van der Waals surface area contributed by atoms with Crippen LogP contribution in [0.1, 0.15) is 28.8 Å². The predicted molar refractivity (Wildman–Crippen MR) is 114 cm³/mol. The average Bonchev–Trinajstić information content (AvgIpc) is 3.27. The number of nitrogens with zero attached hydrogens (tertiary/aromatic N) is 5. The van der Waals surface area contributed by atoms with E-state index in [0.717, 1.165) is 57.8 Å². The molecule has 0 aromatic carbocycles. The minimum atomic E-state index is -0.176. The fourth-order valence-corrected chi connectivity index (χ4v) is 4.42. The van der Waals surface area contributed by atoms with Crippen LogP contribution in [-0.2, 0) is 17.8 Å². The van der Waals surface area contributed by atoms with Crippen molar-refractivity contribution in [3.63, 3.8) is 0 Å². The first kappa shape index (κ1) is 20.8. The highest BCUT2D eigenvalue weighted by molar-refractivity contribution is 5.95. The number of likely N-dealkylation sites (tertiary alicyclic amines) is 1. The van der Waals surface area contributed by atoms with Crippen LogP contribution in [0.3, 0.4) is 0 Å². The fourth-order valence-electron chi connectivity index (χ4n) is 4.42. The molecule has 2 aromatic rings. The SMILES string of the molecule is Cc1ccn(CCN2CCOCC2)c(=O)c1C(=O)N1CCCC(Cn2ccnc2)C1. The number of rotatable bonds is 6. The second kappa shape index (κ2) is 9.57. The van der Waals surface area contributed by atoms with Gasteiger partial charge in [-0.25, -0.2) is 4.98 Å². The van der Waals surface area contributed by atoms with E-state index in [-0.39, 0.29) is 11.5 Å². The Labute approximate surface area is 177 Å². The Morgan fingerprint density at radius 1 is 1.20 bits per heavy atom. The lowest BCUT2D eigenvalue weighted by molar-refractivity contribution is 0.0362. The molecule has 2 aliphatic rings. The smallest absolute Gasteiger partial charge is 0.263 e. The molecular weight excluding hydrogens is 382 g/mol. The van der Waals surface area contributed by atoms with Crippen molar-refractivity contribution >= 4 is 5.91 Å². The van der Waals surface area contributed by atoms with Crippen molar-refractivity contribution in [2.45, 2.75) is 32.9 Å². The number of amides is 1. The summed E-state index contributed by atoms with van der Waals surface area (Å²) in [6.45, 7) is 8.72. The zero-order valence-corrected chi connectivity index (χ0v) is 17.7. The maximum absolute atomic E-state index is 13.3. The average molecular weight is 414 g/mol. The van der Waals surface area contributed by atoms with Crippen LogP contribution in [0.2, 0.25) is 0 Å². The van der Waals surface area contributed by atoms with Crippen LogP contribution in [0.25, 0.3) is 0 Å². The van der Waals surface area contributed by atoms with Gasteiger partial charge in [-0.15, -0.1) is 0 Å². The summed E-state index contributed by atoms with van der Waals surface area (Å²) in [5.74, 6) is 0.248. The third-order valence-electron chi connectivity index (χ3n) is 6.18. The molecule has 1 unspecified atom stereocenters. The lowest BCUT2D eigenvalue weighted by Gasteiger charge is -2.33. The first-order valence-corrected chi connectivity index (χ1v) is 10.9. The van der Waals surface area contributed by atoms with Crippen LogP contribution < -0.4 is 5.56 Å². The van der Waals surface area contributed by atoms with Crippen LogP contribution in [0.15, 0.2) is 35.8 Å². The van der Waals surface area contributed by atoms with Gasteiger partial charge in [0.05, 0.1) is 19.5 Å². The lowest BCUT2D eigenvalue weighted by Crippen LogP contribution is -2.44. The van der Waals surface area contributed by atoms with E-state index in [2.05, 4.69) is 14.5 Å². The van der Waals surface area contributed by atoms with Crippen molar-refractivity contribution in [3.05, 3.63) is 52.5 Å². The number of ether oxygens (including phenoxy) is 1. The highest BCUT2D eigenvalue weighted by Crippen LogP contribution is 2.20. The zero-order valence-electron chi connectivity index (χ0n) is 17.7. The molecule has 4 heterocycles. The van der Waals surface area contributed by atoms with Crippen LogP contribution >= 0.6 is 0 Å². The summed E-state index contributed by atoms with van der Waals surface area (Å²) in [5, 5.41) is 0. The van der Waals surface area contributed by atoms with Crippen molar-refractivity contribution in [1.82, 2.24) is 23.9 Å². The second-order valence-corrected chi connectivity index (χ2v) is 8.35. The standard InChI is InChI=1S/C22H31N5O3/c1-18-4-7-26(10-9-24-11-13-30-14-12-24)21(28)20(18)22(29)27-6-2-3-19(16-27)15-25-8-5-23-17-25/h4-5,7-8,17,19H,2-3,6,9-16H2,1H3. The van der Waals surface area contributed by atoms with E-state index >= 15 is 0 Å². The number of carbonyl (C=O) groups is 1. The van der Waals surface area contributed by atoms with Gasteiger partial charge >= 0.3 is 0 Å². The summed E-state index contributed by atoms with van der Waals surface area (Å²) in [6, 6.07) is 1.89. The summed E-state index contributed by atoms with van der Waals surface area (Å²) in [7, 11) is 0. The van der Waals surface area contributed by atoms with Gasteiger partial charge in [-0.05, 0) is 37.3 Å². The Bertz CT molecular complexity index is 902. The van der Waals surface area contributed by atoms with Crippen molar-refractivity contribution < 1.29 is 9.53 Å². The Morgan fingerprint density at radius 2 is 2.03 bits per heavy atom. The molecule has 8 heteroatoms. The van der Waals surface area contributed by atoms with Gasteiger partial charge in [-0.3, -0.25) is 14.5 Å². The summed E-state index contributed by atoms with van der Waals surface area (Å²) < 4.78 is 9.13. The molecule has 0 aliphatic carbocycles. The molecule has 0 N–H and O–H groups in total. The first-order chi connectivity index (χ1) is 14.6. The van der Waals surface area contributed by atoms with E-state index < -0.39 is 0 Å². The number of aryl methyl sites for hydroxylation is 1. The topological polar surface area (TPSA) is 72.6 Å². The van der Waals surface area contributed by atoms with Gasteiger partial charge < -0.3 is 18.8 Å². The highest BCUT2D eigenvalue weighted by atomic mass is 16.5. The summed E-state index contributed by atoms with van der Waals surface area (Å²) in [4.78, 5) is 34.7. The van der Waals surface area contributed by atoms with Gasteiger partial charge in [0.25, 0.3) is 11.5 Å². The van der Waals surface area contributed by atoms with Crippen molar-refractivity contribution in [2.75, 3.05) is 45.9 Å². The van der Waals surface area contributed by atoms with E-state index in [4.69, 9.17) is 4.74 Å². The Morgan fingerprint density at radius 3 is 2.80 bits per heavy atom. The normalized spacial score (nSPS) is 20.4. The molecule has 8 nitrogen and oxygen atoms in total. The minimum absolute atomic E-state index is 0.131. The molecule has 2 aromatic heterocycles. The van der Waals surface area contributed by atoms with Crippen LogP contribution in [0.4, 0.5) is 0 Å². The molecule has 1 amide bonds. The van der Waals surface area contributed by atoms with Gasteiger partial charge in [0, 0.05) is 64.4 Å². The Balaban J connectivity index is 1.45. The van der Waals surface area contributed by atoms with Gasteiger partial charge in [0.15, 0.2) is 0 Å². The number of pyridine rings is 1. The minimum Gasteiger partial charge on any atom is -0.379 e. The molecule has 0 saturated carbocycles. The molecule has 2 saturated heterocycles. The molecule has 0 spiro atoms. The molecule has 0 radical (unpaired) electrons. The highest BCUT2D eigenvalue weighted by Gasteiger charge is 2.27. The number of piperidine rings is 1. The van der Waals surface area contributed by atoms with E-state index in [1.807, 2.05) is 36.6 Å². The third-order valence-corrected chi connectivity index (χ3v) is 6.18. The van der Waals surface area contributed by atoms with Crippen molar-refractivity contribution in [1.29, 1.82) is 0 Å². The van der Waals surface area contributed by atoms with Gasteiger partial charge in [-0.1, -0.05) is 0 Å². The molecule has 162 valence electrons. The molecular formula is C22H31N5O3. The second-order valence-electron chi connectivity index (χ2n) is 8.35. The first-order valence-electron chi connectivity index (χ1n) is 10.9. The van der Waals surface area contributed by atoms with E-state index in [9.17, 15) is 9.59 Å². The third kappa shape index (κ3) is 4.82. The number of imidazole rings is 1. The summed E-state index contributed by atoms with van der Waals surface area (Å²) >= 11 is 0. The zero-order chi connectivity index (χ0) is 20.9. The maximum atomic E-state index is 13.3. The summed E-state index contributed by atoms with van der Waals surface area (Å²) in [6.07, 6.45) is 9.40. The molecule has 4 rings (SSSR count). The fraction of sp³-hybridized carbons (Fsp3) is 0.591. The largest absolute Gasteiger partial charge is 0.379 e. The number of morpholine rings is 1. The van der Waals surface area contributed by atoms with E-state index in [0.29, 0.717) is 31.1 Å². The van der Waals surface area contributed by atoms with Crippen LogP contribution in [0, 0.1) is 12.8 Å². The molecule has 30 heavy (non-hydrogen) atoms. The number of carbonyl (C=O) groups excluding carboxylic acids is 1. The Hall–Kier alpha value is -2.45. The maximum Gasteiger partial charge on any atom is 0.263 e. The van der Waals surface area contributed by atoms with Gasteiger partial charge in [0.2, 0.25) is 0 Å². The number of hydrogen-bond donors (Lipinski definition) is 0. The van der Waals surface area contributed by atoms with Crippen molar-refractivity contribution in [2.24, 2.45) is 5.92 Å². The molecule has 0 bridgehead atoms. The van der Waals surface area contributed by atoms with E-state index in [1.54, 1.807) is 10.8 Å². The molecule has 2 fully saturated rings. The van der Waals surface area contributed by atoms with E-state index in [1.165, 1.54) is 0 Å². The summed E-state index contributed by atoms with van der Waals surface area (Å²) in [5.41, 5.74) is 0.900. The number of aromatic nitrogens is 3. The molecule has 2 aliphatic heterocycles.